The normalized spacial score (nSPS) is 28.9. The summed E-state index contributed by atoms with van der Waals surface area (Å²) in [6.07, 6.45) is -7.34. The van der Waals surface area contributed by atoms with E-state index in [1.54, 1.807) is 12.1 Å². The standard InChI is InChI=1S/C20H20F3NO5/c21-20(22,23)29-14-8-6-12(7-9-14)10-24-16-15-11-26-19(28-15)18(17(16)25)27-13-4-2-1-3-5-13/h1-9,15-19,24-25H,10-11H2/t15-,16-,17+,18-,19-/m1/s1. The number of nitrogens with one attached hydrogen (secondary N) is 1. The predicted octanol–water partition coefficient (Wildman–Crippen LogP) is 2.61. The average molecular weight is 411 g/mol. The van der Waals surface area contributed by atoms with Crippen molar-refractivity contribution in [1.29, 1.82) is 0 Å². The zero-order valence-electron chi connectivity index (χ0n) is 15.2. The minimum atomic E-state index is -4.73. The lowest BCUT2D eigenvalue weighted by molar-refractivity contribution is -0.274. The Hall–Kier alpha value is -2.33. The molecule has 6 nitrogen and oxygen atoms in total. The second kappa shape index (κ2) is 8.19. The topological polar surface area (TPSA) is 69.2 Å². The van der Waals surface area contributed by atoms with Crippen molar-refractivity contribution in [3.8, 4) is 11.5 Å². The van der Waals surface area contributed by atoms with E-state index in [9.17, 15) is 18.3 Å². The molecule has 0 unspecified atom stereocenters. The third-order valence-corrected chi connectivity index (χ3v) is 4.82. The summed E-state index contributed by atoms with van der Waals surface area (Å²) >= 11 is 0. The van der Waals surface area contributed by atoms with Gasteiger partial charge >= 0.3 is 6.36 Å². The molecule has 156 valence electrons. The summed E-state index contributed by atoms with van der Waals surface area (Å²) in [6, 6.07) is 14.1. The van der Waals surface area contributed by atoms with Crippen LogP contribution < -0.4 is 14.8 Å². The highest BCUT2D eigenvalue weighted by Gasteiger charge is 2.51. The molecule has 0 amide bonds. The van der Waals surface area contributed by atoms with E-state index in [1.807, 2.05) is 18.2 Å². The van der Waals surface area contributed by atoms with E-state index < -0.39 is 30.9 Å². The van der Waals surface area contributed by atoms with Gasteiger partial charge in [-0.15, -0.1) is 13.2 Å². The lowest BCUT2D eigenvalue weighted by Crippen LogP contribution is -2.61. The lowest BCUT2D eigenvalue weighted by atomic mass is 9.97. The van der Waals surface area contributed by atoms with Gasteiger partial charge < -0.3 is 29.4 Å². The summed E-state index contributed by atoms with van der Waals surface area (Å²) in [5.41, 5.74) is 0.730. The van der Waals surface area contributed by atoms with Crippen LogP contribution in [0.15, 0.2) is 54.6 Å². The van der Waals surface area contributed by atoms with E-state index in [-0.39, 0.29) is 11.9 Å². The molecule has 0 aliphatic carbocycles. The maximum Gasteiger partial charge on any atom is 0.573 e. The molecule has 5 atom stereocenters. The molecule has 9 heteroatoms. The highest BCUT2D eigenvalue weighted by molar-refractivity contribution is 5.27. The monoisotopic (exact) mass is 411 g/mol. The van der Waals surface area contributed by atoms with Gasteiger partial charge in [0.05, 0.1) is 12.6 Å². The Morgan fingerprint density at radius 1 is 1.03 bits per heavy atom. The Morgan fingerprint density at radius 2 is 1.76 bits per heavy atom. The van der Waals surface area contributed by atoms with Crippen LogP contribution >= 0.6 is 0 Å². The number of fused-ring (bicyclic) bond motifs is 2. The molecule has 2 N–H and O–H groups in total. The van der Waals surface area contributed by atoms with Crippen molar-refractivity contribution in [2.75, 3.05) is 6.61 Å². The van der Waals surface area contributed by atoms with Crippen molar-refractivity contribution in [2.24, 2.45) is 0 Å². The Labute approximate surface area is 165 Å². The molecule has 0 radical (unpaired) electrons. The molecule has 2 fully saturated rings. The van der Waals surface area contributed by atoms with E-state index in [0.717, 1.165) is 5.56 Å². The van der Waals surface area contributed by atoms with Crippen molar-refractivity contribution in [2.45, 2.75) is 43.6 Å². The first-order chi connectivity index (χ1) is 13.9. The zero-order chi connectivity index (χ0) is 20.4. The van der Waals surface area contributed by atoms with Gasteiger partial charge in [0.25, 0.3) is 0 Å². The van der Waals surface area contributed by atoms with Crippen LogP contribution in [0.5, 0.6) is 11.5 Å². The van der Waals surface area contributed by atoms with E-state index >= 15 is 0 Å². The third-order valence-electron chi connectivity index (χ3n) is 4.82. The average Bonchev–Trinajstić information content (AvgIpc) is 3.12. The van der Waals surface area contributed by atoms with Crippen LogP contribution in [0.3, 0.4) is 0 Å². The molecule has 2 bridgehead atoms. The number of hydrogen-bond donors (Lipinski definition) is 2. The fraction of sp³-hybridized carbons (Fsp3) is 0.400. The second-order valence-corrected chi connectivity index (χ2v) is 6.86. The molecule has 0 saturated carbocycles. The first-order valence-corrected chi connectivity index (χ1v) is 9.14. The van der Waals surface area contributed by atoms with Gasteiger partial charge in [-0.25, -0.2) is 0 Å². The van der Waals surface area contributed by atoms with Crippen LogP contribution in [-0.2, 0) is 16.0 Å². The number of aliphatic hydroxyl groups is 1. The summed E-state index contributed by atoms with van der Waals surface area (Å²) in [7, 11) is 0. The number of alkyl halides is 3. The number of ether oxygens (including phenoxy) is 4. The first-order valence-electron chi connectivity index (χ1n) is 9.14. The van der Waals surface area contributed by atoms with E-state index in [2.05, 4.69) is 10.1 Å². The van der Waals surface area contributed by atoms with Crippen LogP contribution in [0.2, 0.25) is 0 Å². The summed E-state index contributed by atoms with van der Waals surface area (Å²) < 4.78 is 57.9. The van der Waals surface area contributed by atoms with Gasteiger partial charge in [-0.05, 0) is 29.8 Å². The van der Waals surface area contributed by atoms with Crippen LogP contribution in [0.25, 0.3) is 0 Å². The summed E-state index contributed by atoms with van der Waals surface area (Å²) in [4.78, 5) is 0. The SMILES string of the molecule is O[C@H]1[C@H](NCc2ccc(OC(F)(F)F)cc2)[C@H]2CO[C@H](O2)[C@@H]1Oc1ccccc1. The van der Waals surface area contributed by atoms with Crippen molar-refractivity contribution < 1.29 is 37.2 Å². The Morgan fingerprint density at radius 3 is 2.45 bits per heavy atom. The third kappa shape index (κ3) is 4.81. The van der Waals surface area contributed by atoms with Gasteiger partial charge in [0, 0.05) is 6.54 Å². The van der Waals surface area contributed by atoms with Gasteiger partial charge in [-0.3, -0.25) is 0 Å². The molecule has 29 heavy (non-hydrogen) atoms. The molecule has 0 aromatic heterocycles. The Balaban J connectivity index is 1.39. The first kappa shape index (κ1) is 20.0. The summed E-state index contributed by atoms with van der Waals surface area (Å²) in [5.74, 6) is 0.304. The summed E-state index contributed by atoms with van der Waals surface area (Å²) in [5, 5.41) is 14.0. The zero-order valence-corrected chi connectivity index (χ0v) is 15.2. The van der Waals surface area contributed by atoms with Gasteiger partial charge in [0.2, 0.25) is 0 Å². The number of hydrogen-bond acceptors (Lipinski definition) is 6. The molecule has 2 aliphatic heterocycles. The maximum absolute atomic E-state index is 12.3. The van der Waals surface area contributed by atoms with Crippen LogP contribution in [-0.4, -0.2) is 48.7 Å². The fourth-order valence-electron chi connectivity index (χ4n) is 3.46. The lowest BCUT2D eigenvalue weighted by Gasteiger charge is -2.38. The molecular formula is C20H20F3NO5. The molecule has 2 aliphatic rings. The van der Waals surface area contributed by atoms with Crippen molar-refractivity contribution in [3.05, 3.63) is 60.2 Å². The number of aliphatic hydroxyl groups excluding tert-OH is 1. The number of rotatable bonds is 6. The minimum Gasteiger partial charge on any atom is -0.482 e. The van der Waals surface area contributed by atoms with Gasteiger partial charge in [-0.2, -0.15) is 0 Å². The van der Waals surface area contributed by atoms with E-state index in [4.69, 9.17) is 14.2 Å². The highest BCUT2D eigenvalue weighted by atomic mass is 19.4. The second-order valence-electron chi connectivity index (χ2n) is 6.86. The maximum atomic E-state index is 12.3. The molecule has 2 aromatic carbocycles. The fourth-order valence-corrected chi connectivity index (χ4v) is 3.46. The van der Waals surface area contributed by atoms with E-state index in [0.29, 0.717) is 18.9 Å². The Kier molecular flexibility index (Phi) is 5.64. The molecule has 0 spiro atoms. The van der Waals surface area contributed by atoms with Crippen molar-refractivity contribution in [3.63, 3.8) is 0 Å². The van der Waals surface area contributed by atoms with Crippen molar-refractivity contribution in [1.82, 2.24) is 5.32 Å². The van der Waals surface area contributed by atoms with Crippen molar-refractivity contribution >= 4 is 0 Å². The van der Waals surface area contributed by atoms with Gasteiger partial charge in [-0.1, -0.05) is 30.3 Å². The Bertz CT molecular complexity index is 802. The number of halogens is 3. The molecule has 2 aromatic rings. The van der Waals surface area contributed by atoms with Gasteiger partial charge in [0.1, 0.15) is 23.7 Å². The summed E-state index contributed by atoms with van der Waals surface area (Å²) in [6.45, 7) is 0.628. The smallest absolute Gasteiger partial charge is 0.482 e. The van der Waals surface area contributed by atoms with Gasteiger partial charge in [0.15, 0.2) is 12.4 Å². The van der Waals surface area contributed by atoms with Crippen LogP contribution in [0.4, 0.5) is 13.2 Å². The predicted molar refractivity (Wildman–Crippen MR) is 95.2 cm³/mol. The van der Waals surface area contributed by atoms with Crippen LogP contribution in [0, 0.1) is 0 Å². The largest absolute Gasteiger partial charge is 0.573 e. The molecular weight excluding hydrogens is 391 g/mol. The molecule has 2 heterocycles. The highest BCUT2D eigenvalue weighted by Crippen LogP contribution is 2.31. The number of para-hydroxylation sites is 1. The van der Waals surface area contributed by atoms with E-state index in [1.165, 1.54) is 24.3 Å². The van der Waals surface area contributed by atoms with Crippen LogP contribution in [0.1, 0.15) is 5.56 Å². The number of benzene rings is 2. The minimum absolute atomic E-state index is 0.286. The quantitative estimate of drug-likeness (QED) is 0.762. The molecule has 2 saturated heterocycles. The molecule has 4 rings (SSSR count).